The third-order valence-corrected chi connectivity index (χ3v) is 5.80. The van der Waals surface area contributed by atoms with Crippen molar-refractivity contribution in [2.45, 2.75) is 33.3 Å². The molecule has 0 saturated heterocycles. The van der Waals surface area contributed by atoms with Crippen LogP contribution in [-0.2, 0) is 14.8 Å². The first-order valence-corrected chi connectivity index (χ1v) is 10.6. The summed E-state index contributed by atoms with van der Waals surface area (Å²) in [5.74, 6) is 0.105. The van der Waals surface area contributed by atoms with Crippen LogP contribution in [0.25, 0.3) is 0 Å². The number of sulfonamides is 1. The molecule has 1 amide bonds. The van der Waals surface area contributed by atoms with Crippen LogP contribution in [0.5, 0.6) is 5.75 Å². The second kappa shape index (κ2) is 7.23. The predicted octanol–water partition coefficient (Wildman–Crippen LogP) is 3.17. The van der Waals surface area contributed by atoms with Crippen LogP contribution in [0.1, 0.15) is 23.1 Å². The number of amides is 1. The Labute approximate surface area is 160 Å². The van der Waals surface area contributed by atoms with Gasteiger partial charge >= 0.3 is 0 Å². The minimum Gasteiger partial charge on any atom is -0.478 e. The molecule has 27 heavy (non-hydrogen) atoms. The molecule has 1 N–H and O–H groups in total. The Morgan fingerprint density at radius 3 is 2.41 bits per heavy atom. The Morgan fingerprint density at radius 2 is 1.78 bits per heavy atom. The number of carbonyl (C=O) groups is 1. The Bertz CT molecular complexity index is 962. The van der Waals surface area contributed by atoms with Crippen molar-refractivity contribution in [2.24, 2.45) is 0 Å². The fourth-order valence-corrected chi connectivity index (χ4v) is 4.39. The molecule has 0 radical (unpaired) electrons. The third kappa shape index (κ3) is 4.08. The van der Waals surface area contributed by atoms with Gasteiger partial charge in [-0.15, -0.1) is 0 Å². The number of nitrogens with zero attached hydrogens (tertiary/aromatic N) is 1. The van der Waals surface area contributed by atoms with Crippen LogP contribution >= 0.6 is 0 Å². The SMILES string of the molecule is Cc1cc(C)c(NC(=O)C2CCN(S(C)(=O)=O)c3ccccc3O2)c(C)c1. The van der Waals surface area contributed by atoms with Gasteiger partial charge in [0, 0.05) is 18.7 Å². The van der Waals surface area contributed by atoms with E-state index in [2.05, 4.69) is 5.32 Å². The van der Waals surface area contributed by atoms with Crippen LogP contribution in [0.3, 0.4) is 0 Å². The Morgan fingerprint density at radius 1 is 1.15 bits per heavy atom. The van der Waals surface area contributed by atoms with E-state index in [9.17, 15) is 13.2 Å². The summed E-state index contributed by atoms with van der Waals surface area (Å²) in [6, 6.07) is 10.9. The van der Waals surface area contributed by atoms with Gasteiger partial charge in [0.15, 0.2) is 6.10 Å². The second-order valence-electron chi connectivity index (χ2n) is 6.96. The van der Waals surface area contributed by atoms with Crippen LogP contribution in [0, 0.1) is 20.8 Å². The zero-order valence-electron chi connectivity index (χ0n) is 15.9. The van der Waals surface area contributed by atoms with Crippen molar-refractivity contribution < 1.29 is 17.9 Å². The maximum atomic E-state index is 12.9. The van der Waals surface area contributed by atoms with Crippen molar-refractivity contribution in [2.75, 3.05) is 22.4 Å². The van der Waals surface area contributed by atoms with Crippen molar-refractivity contribution in [3.05, 3.63) is 53.1 Å². The summed E-state index contributed by atoms with van der Waals surface area (Å²) in [4.78, 5) is 12.9. The van der Waals surface area contributed by atoms with Gasteiger partial charge in [-0.2, -0.15) is 0 Å². The molecular formula is C20H24N2O4S. The standard InChI is InChI=1S/C20H24N2O4S/c1-13-11-14(2)19(15(3)12-13)21-20(23)18-9-10-22(27(4,24)25)16-7-5-6-8-17(16)26-18/h5-8,11-12,18H,9-10H2,1-4H3,(H,21,23). The number of anilines is 2. The van der Waals surface area contributed by atoms with E-state index in [-0.39, 0.29) is 18.9 Å². The molecular weight excluding hydrogens is 364 g/mol. The minimum atomic E-state index is -3.47. The van der Waals surface area contributed by atoms with Gasteiger partial charge in [0.05, 0.1) is 11.9 Å². The highest BCUT2D eigenvalue weighted by Gasteiger charge is 2.31. The number of fused-ring (bicyclic) bond motifs is 1. The highest BCUT2D eigenvalue weighted by Crippen LogP contribution is 2.34. The molecule has 0 spiro atoms. The number of rotatable bonds is 3. The normalized spacial score (nSPS) is 16.9. The molecule has 3 rings (SSSR count). The average molecular weight is 388 g/mol. The summed E-state index contributed by atoms with van der Waals surface area (Å²) in [6.07, 6.45) is 0.638. The number of aryl methyl sites for hydroxylation is 3. The van der Waals surface area contributed by atoms with Crippen molar-refractivity contribution in [3.8, 4) is 5.75 Å². The molecule has 0 aliphatic carbocycles. The molecule has 1 unspecified atom stereocenters. The Balaban J connectivity index is 1.88. The van der Waals surface area contributed by atoms with E-state index in [1.807, 2.05) is 32.9 Å². The van der Waals surface area contributed by atoms with E-state index in [4.69, 9.17) is 4.74 Å². The van der Waals surface area contributed by atoms with Crippen LogP contribution < -0.4 is 14.4 Å². The Kier molecular flexibility index (Phi) is 5.15. The molecule has 2 aromatic carbocycles. The lowest BCUT2D eigenvalue weighted by Crippen LogP contribution is -2.36. The van der Waals surface area contributed by atoms with Crippen LogP contribution in [0.15, 0.2) is 36.4 Å². The molecule has 1 heterocycles. The molecule has 0 fully saturated rings. The molecule has 7 heteroatoms. The summed E-state index contributed by atoms with van der Waals surface area (Å²) in [7, 11) is -3.47. The van der Waals surface area contributed by atoms with Crippen LogP contribution in [-0.4, -0.2) is 33.2 Å². The first kappa shape index (κ1) is 19.2. The lowest BCUT2D eigenvalue weighted by atomic mass is 10.0. The molecule has 0 bridgehead atoms. The van der Waals surface area contributed by atoms with E-state index in [0.29, 0.717) is 11.4 Å². The smallest absolute Gasteiger partial charge is 0.265 e. The Hall–Kier alpha value is -2.54. The first-order valence-electron chi connectivity index (χ1n) is 8.79. The largest absolute Gasteiger partial charge is 0.478 e. The lowest BCUT2D eigenvalue weighted by molar-refractivity contribution is -0.122. The highest BCUT2D eigenvalue weighted by atomic mass is 32.2. The summed E-state index contributed by atoms with van der Waals surface area (Å²) < 4.78 is 31.5. The topological polar surface area (TPSA) is 75.7 Å². The number of hydrogen-bond donors (Lipinski definition) is 1. The van der Waals surface area contributed by atoms with E-state index in [1.165, 1.54) is 4.31 Å². The maximum Gasteiger partial charge on any atom is 0.265 e. The zero-order chi connectivity index (χ0) is 19.8. The summed E-state index contributed by atoms with van der Waals surface area (Å²) in [5, 5.41) is 2.96. The van der Waals surface area contributed by atoms with Crippen molar-refractivity contribution >= 4 is 27.3 Å². The number of hydrogen-bond acceptors (Lipinski definition) is 4. The predicted molar refractivity (Wildman–Crippen MR) is 107 cm³/mol. The third-order valence-electron chi connectivity index (χ3n) is 4.62. The molecule has 0 aromatic heterocycles. The monoisotopic (exact) mass is 388 g/mol. The molecule has 1 aliphatic rings. The van der Waals surface area contributed by atoms with Gasteiger partial charge in [-0.25, -0.2) is 8.42 Å². The fourth-order valence-electron chi connectivity index (χ4n) is 3.44. The lowest BCUT2D eigenvalue weighted by Gasteiger charge is -2.20. The highest BCUT2D eigenvalue weighted by molar-refractivity contribution is 7.92. The van der Waals surface area contributed by atoms with Crippen molar-refractivity contribution in [1.29, 1.82) is 0 Å². The van der Waals surface area contributed by atoms with Gasteiger partial charge < -0.3 is 10.1 Å². The van der Waals surface area contributed by atoms with E-state index < -0.39 is 16.1 Å². The summed E-state index contributed by atoms with van der Waals surface area (Å²) in [5.41, 5.74) is 4.32. The van der Waals surface area contributed by atoms with Gasteiger partial charge in [0.1, 0.15) is 5.75 Å². The molecule has 1 aliphatic heterocycles. The number of carbonyl (C=O) groups excluding carboxylic acids is 1. The van der Waals surface area contributed by atoms with Crippen LogP contribution in [0.2, 0.25) is 0 Å². The first-order chi connectivity index (χ1) is 12.7. The fraction of sp³-hybridized carbons (Fsp3) is 0.350. The van der Waals surface area contributed by atoms with E-state index in [1.54, 1.807) is 24.3 Å². The second-order valence-corrected chi connectivity index (χ2v) is 8.87. The zero-order valence-corrected chi connectivity index (χ0v) is 16.8. The molecule has 0 saturated carbocycles. The van der Waals surface area contributed by atoms with Gasteiger partial charge in [-0.1, -0.05) is 29.8 Å². The number of nitrogens with one attached hydrogen (secondary N) is 1. The minimum absolute atomic E-state index is 0.180. The maximum absolute atomic E-state index is 12.9. The molecule has 1 atom stereocenters. The van der Waals surface area contributed by atoms with Crippen LogP contribution in [0.4, 0.5) is 11.4 Å². The van der Waals surface area contributed by atoms with Gasteiger partial charge in [0.2, 0.25) is 10.0 Å². The van der Waals surface area contributed by atoms with E-state index in [0.717, 1.165) is 28.6 Å². The number of ether oxygens (including phenoxy) is 1. The number of para-hydroxylation sites is 2. The van der Waals surface area contributed by atoms with E-state index >= 15 is 0 Å². The molecule has 6 nitrogen and oxygen atoms in total. The van der Waals surface area contributed by atoms with Gasteiger partial charge in [-0.05, 0) is 44.0 Å². The average Bonchev–Trinajstić information content (AvgIpc) is 2.77. The quantitative estimate of drug-likeness (QED) is 0.876. The number of benzene rings is 2. The molecule has 2 aromatic rings. The summed E-state index contributed by atoms with van der Waals surface area (Å²) in [6.45, 7) is 6.09. The van der Waals surface area contributed by atoms with Crippen molar-refractivity contribution in [3.63, 3.8) is 0 Å². The van der Waals surface area contributed by atoms with Crippen molar-refractivity contribution in [1.82, 2.24) is 0 Å². The van der Waals surface area contributed by atoms with Gasteiger partial charge in [0.25, 0.3) is 5.91 Å². The van der Waals surface area contributed by atoms with Gasteiger partial charge in [-0.3, -0.25) is 9.10 Å². The molecule has 144 valence electrons. The summed E-state index contributed by atoms with van der Waals surface area (Å²) >= 11 is 0.